The largest absolute Gasteiger partial charge is 0.346 e. The van der Waals surface area contributed by atoms with Crippen molar-refractivity contribution in [3.05, 3.63) is 34.9 Å². The Kier molecular flexibility index (Phi) is 4.11. The van der Waals surface area contributed by atoms with Gasteiger partial charge in [0, 0.05) is 5.02 Å². The van der Waals surface area contributed by atoms with E-state index >= 15 is 0 Å². The number of halogens is 2. The molecule has 1 aromatic rings. The zero-order valence-electron chi connectivity index (χ0n) is 6.84. The van der Waals surface area contributed by atoms with Crippen molar-refractivity contribution in [3.8, 4) is 12.3 Å². The first-order valence-corrected chi connectivity index (χ1v) is 4.50. The lowest BCUT2D eigenvalue weighted by molar-refractivity contribution is 0.127. The van der Waals surface area contributed by atoms with Crippen LogP contribution in [0, 0.1) is 12.3 Å². The monoisotopic (exact) mass is 214 g/mol. The Morgan fingerprint density at radius 3 is 2.54 bits per heavy atom. The Morgan fingerprint density at radius 2 is 2.00 bits per heavy atom. The molecule has 0 spiro atoms. The van der Waals surface area contributed by atoms with Crippen molar-refractivity contribution in [3.63, 3.8) is 0 Å². The summed E-state index contributed by atoms with van der Waals surface area (Å²) in [5.41, 5.74) is 0.320. The van der Waals surface area contributed by atoms with Gasteiger partial charge in [0.2, 0.25) is 0 Å². The van der Waals surface area contributed by atoms with Crippen LogP contribution in [0.5, 0.6) is 0 Å². The topological polar surface area (TPSA) is 9.23 Å². The normalized spacial score (nSPS) is 12.1. The first-order chi connectivity index (χ1) is 6.22. The number of benzene rings is 1. The van der Waals surface area contributed by atoms with Crippen molar-refractivity contribution in [1.82, 2.24) is 0 Å². The minimum atomic E-state index is -0.671. The number of rotatable bonds is 3. The molecule has 1 rings (SSSR count). The Balaban J connectivity index is 2.47. The van der Waals surface area contributed by atoms with Crippen LogP contribution < -0.4 is 0 Å². The van der Waals surface area contributed by atoms with Gasteiger partial charge in [-0.1, -0.05) is 41.3 Å². The molecule has 1 aromatic carbocycles. The molecule has 0 bridgehead atoms. The first kappa shape index (κ1) is 10.4. The Bertz CT molecular complexity index is 300. The number of hydrogen-bond acceptors (Lipinski definition) is 1. The molecule has 0 N–H and O–H groups in total. The van der Waals surface area contributed by atoms with Gasteiger partial charge in [0.05, 0.1) is 6.61 Å². The van der Waals surface area contributed by atoms with E-state index in [2.05, 4.69) is 5.92 Å². The summed E-state index contributed by atoms with van der Waals surface area (Å²) in [6.45, 7) is 0.398. The number of hydrogen-bond donors (Lipinski definition) is 0. The van der Waals surface area contributed by atoms with Gasteiger partial charge in [-0.05, 0) is 17.7 Å². The molecule has 0 amide bonds. The fourth-order valence-electron chi connectivity index (χ4n) is 0.798. The zero-order valence-corrected chi connectivity index (χ0v) is 8.35. The third kappa shape index (κ3) is 3.69. The highest BCUT2D eigenvalue weighted by Crippen LogP contribution is 2.11. The highest BCUT2D eigenvalue weighted by atomic mass is 35.5. The van der Waals surface area contributed by atoms with E-state index in [0.717, 1.165) is 5.56 Å². The molecule has 13 heavy (non-hydrogen) atoms. The minimum Gasteiger partial charge on any atom is -0.346 e. The van der Waals surface area contributed by atoms with E-state index in [1.165, 1.54) is 0 Å². The third-order valence-electron chi connectivity index (χ3n) is 1.44. The number of terminal acetylenes is 1. The van der Waals surface area contributed by atoms with Crippen LogP contribution in [0.4, 0.5) is 0 Å². The maximum absolute atomic E-state index is 5.70. The van der Waals surface area contributed by atoms with Crippen LogP contribution >= 0.6 is 23.2 Å². The van der Waals surface area contributed by atoms with Gasteiger partial charge in [-0.15, -0.1) is 6.42 Å². The predicted molar refractivity (Wildman–Crippen MR) is 54.7 cm³/mol. The maximum Gasteiger partial charge on any atom is 0.192 e. The van der Waals surface area contributed by atoms with Crippen molar-refractivity contribution in [2.45, 2.75) is 12.2 Å². The molecule has 0 aliphatic heterocycles. The van der Waals surface area contributed by atoms with Crippen LogP contribution in [0.1, 0.15) is 5.56 Å². The molecule has 0 saturated carbocycles. The summed E-state index contributed by atoms with van der Waals surface area (Å²) in [5.74, 6) is 2.26. The van der Waals surface area contributed by atoms with Crippen molar-refractivity contribution in [2.24, 2.45) is 0 Å². The Labute approximate surface area is 87.6 Å². The van der Waals surface area contributed by atoms with E-state index in [1.807, 2.05) is 12.1 Å². The Hall–Kier alpha value is -0.680. The molecule has 0 aliphatic rings. The van der Waals surface area contributed by atoms with Gasteiger partial charge >= 0.3 is 0 Å². The van der Waals surface area contributed by atoms with Crippen LogP contribution in [0.15, 0.2) is 24.3 Å². The molecular formula is C10H8Cl2O. The molecule has 0 radical (unpaired) electrons. The van der Waals surface area contributed by atoms with E-state index in [-0.39, 0.29) is 0 Å². The lowest BCUT2D eigenvalue weighted by Gasteiger charge is -2.04. The van der Waals surface area contributed by atoms with Gasteiger partial charge in [0.25, 0.3) is 0 Å². The zero-order chi connectivity index (χ0) is 9.68. The SMILES string of the molecule is C#CC(Cl)OCc1ccc(Cl)cc1. The summed E-state index contributed by atoms with van der Waals surface area (Å²) in [7, 11) is 0. The van der Waals surface area contributed by atoms with Gasteiger partial charge in [-0.3, -0.25) is 0 Å². The van der Waals surface area contributed by atoms with E-state index in [1.54, 1.807) is 12.1 Å². The second-order valence-electron chi connectivity index (χ2n) is 2.42. The number of alkyl halides is 1. The highest BCUT2D eigenvalue weighted by Gasteiger charge is 1.99. The van der Waals surface area contributed by atoms with Crippen LogP contribution in [0.25, 0.3) is 0 Å². The van der Waals surface area contributed by atoms with Gasteiger partial charge < -0.3 is 4.74 Å². The Morgan fingerprint density at radius 1 is 1.38 bits per heavy atom. The maximum atomic E-state index is 5.70. The molecular weight excluding hydrogens is 207 g/mol. The molecule has 0 aromatic heterocycles. The summed E-state index contributed by atoms with van der Waals surface area (Å²) in [5, 5.41) is 0.697. The fourth-order valence-corrected chi connectivity index (χ4v) is 0.987. The smallest absolute Gasteiger partial charge is 0.192 e. The summed E-state index contributed by atoms with van der Waals surface area (Å²) in [6.07, 6.45) is 5.03. The van der Waals surface area contributed by atoms with Crippen molar-refractivity contribution < 1.29 is 4.74 Å². The van der Waals surface area contributed by atoms with E-state index in [4.69, 9.17) is 34.4 Å². The fraction of sp³-hybridized carbons (Fsp3) is 0.200. The number of ether oxygens (including phenoxy) is 1. The van der Waals surface area contributed by atoms with E-state index < -0.39 is 5.56 Å². The van der Waals surface area contributed by atoms with Gasteiger partial charge in [0.15, 0.2) is 5.56 Å². The molecule has 1 nitrogen and oxygen atoms in total. The molecule has 1 atom stereocenters. The van der Waals surface area contributed by atoms with E-state index in [0.29, 0.717) is 11.6 Å². The average Bonchev–Trinajstić information content (AvgIpc) is 2.16. The first-order valence-electron chi connectivity index (χ1n) is 3.68. The van der Waals surface area contributed by atoms with Crippen LogP contribution in [-0.2, 0) is 11.3 Å². The van der Waals surface area contributed by atoms with Crippen LogP contribution in [0.2, 0.25) is 5.02 Å². The van der Waals surface area contributed by atoms with Crippen LogP contribution in [0.3, 0.4) is 0 Å². The summed E-state index contributed by atoms with van der Waals surface area (Å²) in [4.78, 5) is 0. The highest BCUT2D eigenvalue weighted by molar-refractivity contribution is 6.30. The third-order valence-corrected chi connectivity index (χ3v) is 1.94. The van der Waals surface area contributed by atoms with Gasteiger partial charge in [0.1, 0.15) is 0 Å². The summed E-state index contributed by atoms with van der Waals surface area (Å²) < 4.78 is 5.10. The van der Waals surface area contributed by atoms with Crippen molar-refractivity contribution in [1.29, 1.82) is 0 Å². The average molecular weight is 215 g/mol. The van der Waals surface area contributed by atoms with Crippen LogP contribution in [-0.4, -0.2) is 5.56 Å². The molecule has 0 aliphatic carbocycles. The van der Waals surface area contributed by atoms with Gasteiger partial charge in [-0.25, -0.2) is 0 Å². The lowest BCUT2D eigenvalue weighted by atomic mass is 10.2. The van der Waals surface area contributed by atoms with Gasteiger partial charge in [-0.2, -0.15) is 0 Å². The second-order valence-corrected chi connectivity index (χ2v) is 3.25. The van der Waals surface area contributed by atoms with E-state index in [9.17, 15) is 0 Å². The van der Waals surface area contributed by atoms with Crippen molar-refractivity contribution in [2.75, 3.05) is 0 Å². The molecule has 1 unspecified atom stereocenters. The standard InChI is InChI=1S/C10H8Cl2O/c1-2-10(12)13-7-8-3-5-9(11)6-4-8/h1,3-6,10H,7H2. The second kappa shape index (κ2) is 5.14. The summed E-state index contributed by atoms with van der Waals surface area (Å²) >= 11 is 11.3. The molecule has 0 heterocycles. The molecule has 3 heteroatoms. The summed E-state index contributed by atoms with van der Waals surface area (Å²) in [6, 6.07) is 7.31. The molecule has 68 valence electrons. The van der Waals surface area contributed by atoms with Crippen molar-refractivity contribution >= 4 is 23.2 Å². The minimum absolute atomic E-state index is 0.398. The quantitative estimate of drug-likeness (QED) is 0.556. The lowest BCUT2D eigenvalue weighted by Crippen LogP contribution is -2.01. The molecule has 0 fully saturated rings. The predicted octanol–water partition coefficient (Wildman–Crippen LogP) is 3.05. The molecule has 0 saturated heterocycles.